The van der Waals surface area contributed by atoms with Crippen molar-refractivity contribution in [2.75, 3.05) is 13.2 Å². The summed E-state index contributed by atoms with van der Waals surface area (Å²) in [4.78, 5) is 11.2. The molecule has 1 aliphatic rings. The lowest BCUT2D eigenvalue weighted by Gasteiger charge is -2.17. The number of rotatable bonds is 5. The van der Waals surface area contributed by atoms with Crippen molar-refractivity contribution in [1.29, 1.82) is 0 Å². The summed E-state index contributed by atoms with van der Waals surface area (Å²) in [5, 5.41) is 12.0. The molecule has 1 saturated carbocycles. The van der Waals surface area contributed by atoms with Crippen LogP contribution in [0.2, 0.25) is 0 Å². The van der Waals surface area contributed by atoms with Gasteiger partial charge in [-0.1, -0.05) is 12.8 Å². The van der Waals surface area contributed by atoms with Crippen molar-refractivity contribution in [3.63, 3.8) is 0 Å². The van der Waals surface area contributed by atoms with E-state index in [9.17, 15) is 9.90 Å². The third-order valence-corrected chi connectivity index (χ3v) is 2.60. The standard InChI is InChI=1S/C11H21NO3/c1-11(2,14)10(13)12-7-8-15-9-5-3-4-6-9/h9,14H,3-8H2,1-2H3,(H,12,13). The summed E-state index contributed by atoms with van der Waals surface area (Å²) in [6, 6.07) is 0. The van der Waals surface area contributed by atoms with Crippen LogP contribution < -0.4 is 5.32 Å². The number of amides is 1. The number of hydrogen-bond donors (Lipinski definition) is 2. The zero-order chi connectivity index (χ0) is 11.3. The van der Waals surface area contributed by atoms with E-state index >= 15 is 0 Å². The topological polar surface area (TPSA) is 58.6 Å². The number of ether oxygens (including phenoxy) is 1. The maximum absolute atomic E-state index is 11.2. The Labute approximate surface area is 91.0 Å². The van der Waals surface area contributed by atoms with Gasteiger partial charge in [0.05, 0.1) is 12.7 Å². The molecular formula is C11H21NO3. The van der Waals surface area contributed by atoms with Crippen LogP contribution in [0.4, 0.5) is 0 Å². The van der Waals surface area contributed by atoms with Crippen molar-refractivity contribution in [3.8, 4) is 0 Å². The largest absolute Gasteiger partial charge is 0.381 e. The van der Waals surface area contributed by atoms with Crippen LogP contribution in [0.15, 0.2) is 0 Å². The van der Waals surface area contributed by atoms with E-state index in [1.54, 1.807) is 0 Å². The normalized spacial score (nSPS) is 18.1. The number of aliphatic hydroxyl groups is 1. The lowest BCUT2D eigenvalue weighted by atomic mass is 10.1. The fraction of sp³-hybridized carbons (Fsp3) is 0.909. The third kappa shape index (κ3) is 4.62. The summed E-state index contributed by atoms with van der Waals surface area (Å²) in [6.07, 6.45) is 5.16. The minimum absolute atomic E-state index is 0.350. The van der Waals surface area contributed by atoms with Crippen molar-refractivity contribution < 1.29 is 14.6 Å². The number of hydrogen-bond acceptors (Lipinski definition) is 3. The number of nitrogens with one attached hydrogen (secondary N) is 1. The second-order valence-corrected chi connectivity index (χ2v) is 4.59. The highest BCUT2D eigenvalue weighted by molar-refractivity contribution is 5.83. The summed E-state index contributed by atoms with van der Waals surface area (Å²) in [6.45, 7) is 3.95. The Bertz CT molecular complexity index is 204. The molecular weight excluding hydrogens is 194 g/mol. The Balaban J connectivity index is 2.03. The van der Waals surface area contributed by atoms with Crippen molar-refractivity contribution >= 4 is 5.91 Å². The molecule has 0 unspecified atom stereocenters. The first kappa shape index (κ1) is 12.5. The smallest absolute Gasteiger partial charge is 0.251 e. The van der Waals surface area contributed by atoms with Gasteiger partial charge in [-0.25, -0.2) is 0 Å². The Morgan fingerprint density at radius 3 is 2.60 bits per heavy atom. The summed E-state index contributed by atoms with van der Waals surface area (Å²) in [5.74, 6) is -0.350. The molecule has 0 aliphatic heterocycles. The molecule has 0 bridgehead atoms. The van der Waals surface area contributed by atoms with Gasteiger partial charge in [-0.05, 0) is 26.7 Å². The average molecular weight is 215 g/mol. The molecule has 1 aliphatic carbocycles. The first-order chi connectivity index (χ1) is 7.00. The first-order valence-electron chi connectivity index (χ1n) is 5.62. The fourth-order valence-electron chi connectivity index (χ4n) is 1.66. The molecule has 4 heteroatoms. The lowest BCUT2D eigenvalue weighted by molar-refractivity contribution is -0.136. The molecule has 2 N–H and O–H groups in total. The minimum atomic E-state index is -1.30. The zero-order valence-electron chi connectivity index (χ0n) is 9.58. The van der Waals surface area contributed by atoms with Gasteiger partial charge in [0.2, 0.25) is 0 Å². The summed E-state index contributed by atoms with van der Waals surface area (Å²) in [7, 11) is 0. The minimum Gasteiger partial charge on any atom is -0.381 e. The van der Waals surface area contributed by atoms with E-state index < -0.39 is 5.60 Å². The molecule has 88 valence electrons. The van der Waals surface area contributed by atoms with E-state index in [1.165, 1.54) is 26.7 Å². The predicted octanol–water partition coefficient (Wildman–Crippen LogP) is 0.833. The molecule has 1 rings (SSSR count). The molecule has 0 aromatic heterocycles. The SMILES string of the molecule is CC(C)(O)C(=O)NCCOC1CCCC1. The van der Waals surface area contributed by atoms with Crippen LogP contribution in [-0.2, 0) is 9.53 Å². The van der Waals surface area contributed by atoms with Crippen molar-refractivity contribution in [2.24, 2.45) is 0 Å². The average Bonchev–Trinajstić information content (AvgIpc) is 2.63. The van der Waals surface area contributed by atoms with Crippen LogP contribution in [0, 0.1) is 0 Å². The third-order valence-electron chi connectivity index (χ3n) is 2.60. The molecule has 4 nitrogen and oxygen atoms in total. The van der Waals surface area contributed by atoms with Crippen molar-refractivity contribution in [2.45, 2.75) is 51.2 Å². The van der Waals surface area contributed by atoms with Gasteiger partial charge in [0.15, 0.2) is 0 Å². The van der Waals surface area contributed by atoms with Crippen LogP contribution in [0.25, 0.3) is 0 Å². The maximum atomic E-state index is 11.2. The van der Waals surface area contributed by atoms with Crippen molar-refractivity contribution in [3.05, 3.63) is 0 Å². The molecule has 0 aromatic rings. The monoisotopic (exact) mass is 215 g/mol. The van der Waals surface area contributed by atoms with Gasteiger partial charge in [-0.2, -0.15) is 0 Å². The van der Waals surface area contributed by atoms with Crippen LogP contribution in [-0.4, -0.2) is 35.9 Å². The fourth-order valence-corrected chi connectivity index (χ4v) is 1.66. The van der Waals surface area contributed by atoms with Crippen LogP contribution in [0.1, 0.15) is 39.5 Å². The van der Waals surface area contributed by atoms with E-state index in [4.69, 9.17) is 4.74 Å². The molecule has 1 amide bonds. The van der Waals surface area contributed by atoms with Gasteiger partial charge in [0.25, 0.3) is 5.91 Å². The van der Waals surface area contributed by atoms with E-state index in [1.807, 2.05) is 0 Å². The Kier molecular flexibility index (Phi) is 4.54. The zero-order valence-corrected chi connectivity index (χ0v) is 9.58. The quantitative estimate of drug-likeness (QED) is 0.668. The van der Waals surface area contributed by atoms with E-state index in [-0.39, 0.29) is 5.91 Å². The van der Waals surface area contributed by atoms with Gasteiger partial charge in [-0.3, -0.25) is 4.79 Å². The van der Waals surface area contributed by atoms with Gasteiger partial charge in [0, 0.05) is 6.54 Å². The second kappa shape index (κ2) is 5.47. The van der Waals surface area contributed by atoms with E-state index in [0.29, 0.717) is 19.3 Å². The lowest BCUT2D eigenvalue weighted by Crippen LogP contribution is -2.43. The molecule has 0 radical (unpaired) electrons. The van der Waals surface area contributed by atoms with Crippen LogP contribution >= 0.6 is 0 Å². The molecule has 0 atom stereocenters. The first-order valence-corrected chi connectivity index (χ1v) is 5.62. The van der Waals surface area contributed by atoms with Crippen molar-refractivity contribution in [1.82, 2.24) is 5.32 Å². The number of carbonyl (C=O) groups excluding carboxylic acids is 1. The Morgan fingerprint density at radius 1 is 1.47 bits per heavy atom. The summed E-state index contributed by atoms with van der Waals surface area (Å²) < 4.78 is 5.57. The maximum Gasteiger partial charge on any atom is 0.251 e. The summed E-state index contributed by atoms with van der Waals surface area (Å²) >= 11 is 0. The van der Waals surface area contributed by atoms with Gasteiger partial charge >= 0.3 is 0 Å². The molecule has 0 heterocycles. The number of carbonyl (C=O) groups is 1. The highest BCUT2D eigenvalue weighted by Gasteiger charge is 2.23. The molecule has 0 spiro atoms. The molecule has 0 saturated heterocycles. The molecule has 0 aromatic carbocycles. The highest BCUT2D eigenvalue weighted by atomic mass is 16.5. The van der Waals surface area contributed by atoms with Gasteiger partial charge in [0.1, 0.15) is 5.60 Å². The molecule has 15 heavy (non-hydrogen) atoms. The Hall–Kier alpha value is -0.610. The predicted molar refractivity (Wildman–Crippen MR) is 57.5 cm³/mol. The van der Waals surface area contributed by atoms with Crippen LogP contribution in [0.5, 0.6) is 0 Å². The molecule has 1 fully saturated rings. The Morgan fingerprint density at radius 2 is 2.07 bits per heavy atom. The van der Waals surface area contributed by atoms with E-state index in [0.717, 1.165) is 12.8 Å². The highest BCUT2D eigenvalue weighted by Crippen LogP contribution is 2.20. The summed E-state index contributed by atoms with van der Waals surface area (Å²) in [5.41, 5.74) is -1.30. The van der Waals surface area contributed by atoms with E-state index in [2.05, 4.69) is 5.32 Å². The van der Waals surface area contributed by atoms with Crippen LogP contribution in [0.3, 0.4) is 0 Å². The second-order valence-electron chi connectivity index (χ2n) is 4.59. The van der Waals surface area contributed by atoms with Gasteiger partial charge < -0.3 is 15.2 Å². The van der Waals surface area contributed by atoms with Gasteiger partial charge in [-0.15, -0.1) is 0 Å².